The van der Waals surface area contributed by atoms with E-state index in [2.05, 4.69) is 10.1 Å². The zero-order valence-corrected chi connectivity index (χ0v) is 8.82. The summed E-state index contributed by atoms with van der Waals surface area (Å²) in [5, 5.41) is 11.4. The highest BCUT2D eigenvalue weighted by Gasteiger charge is 2.08. The number of anilines is 1. The summed E-state index contributed by atoms with van der Waals surface area (Å²) in [5.74, 6) is -0.818. The molecule has 0 spiro atoms. The van der Waals surface area contributed by atoms with Gasteiger partial charge in [0.15, 0.2) is 0 Å². The third-order valence-electron chi connectivity index (χ3n) is 1.58. The molecular weight excluding hydrogens is 236 g/mol. The van der Waals surface area contributed by atoms with E-state index in [0.717, 1.165) is 0 Å². The van der Waals surface area contributed by atoms with Gasteiger partial charge in [-0.3, -0.25) is 5.21 Å². The zero-order chi connectivity index (χ0) is 12.0. The SMILES string of the molecule is O=C(CNc1ccc(Cl)cc1)OC(=O)NO. The fourth-order valence-corrected chi connectivity index (χ4v) is 1.03. The fraction of sp³-hybridized carbons (Fsp3) is 0.111. The molecule has 0 unspecified atom stereocenters. The second kappa shape index (κ2) is 5.94. The van der Waals surface area contributed by atoms with E-state index < -0.39 is 12.1 Å². The lowest BCUT2D eigenvalue weighted by Crippen LogP contribution is -2.27. The Morgan fingerprint density at radius 1 is 1.31 bits per heavy atom. The second-order valence-electron chi connectivity index (χ2n) is 2.73. The predicted molar refractivity (Wildman–Crippen MR) is 56.4 cm³/mol. The molecule has 1 amide bonds. The van der Waals surface area contributed by atoms with Gasteiger partial charge in [-0.25, -0.2) is 15.1 Å². The molecule has 86 valence electrons. The number of carbonyl (C=O) groups excluding carboxylic acids is 2. The van der Waals surface area contributed by atoms with Crippen molar-refractivity contribution in [3.63, 3.8) is 0 Å². The Balaban J connectivity index is 2.37. The van der Waals surface area contributed by atoms with E-state index >= 15 is 0 Å². The van der Waals surface area contributed by atoms with Crippen LogP contribution in [-0.4, -0.2) is 23.8 Å². The van der Waals surface area contributed by atoms with Crippen molar-refractivity contribution in [3.05, 3.63) is 29.3 Å². The second-order valence-corrected chi connectivity index (χ2v) is 3.17. The standard InChI is InChI=1S/C9H9ClN2O4/c10-6-1-3-7(4-2-6)11-5-8(13)16-9(14)12-15/h1-4,11,15H,5H2,(H,12,14). The highest BCUT2D eigenvalue weighted by Crippen LogP contribution is 2.12. The van der Waals surface area contributed by atoms with Crippen molar-refractivity contribution in [1.29, 1.82) is 0 Å². The summed E-state index contributed by atoms with van der Waals surface area (Å²) in [6.45, 7) is -0.199. The van der Waals surface area contributed by atoms with E-state index in [1.807, 2.05) is 0 Å². The topological polar surface area (TPSA) is 87.7 Å². The molecule has 7 heteroatoms. The molecule has 0 aromatic heterocycles. The average molecular weight is 245 g/mol. The van der Waals surface area contributed by atoms with Crippen LogP contribution < -0.4 is 10.8 Å². The van der Waals surface area contributed by atoms with Gasteiger partial charge in [0, 0.05) is 10.7 Å². The Morgan fingerprint density at radius 2 is 1.94 bits per heavy atom. The van der Waals surface area contributed by atoms with Crippen LogP contribution in [0.3, 0.4) is 0 Å². The molecule has 0 aliphatic carbocycles. The largest absolute Gasteiger partial charge is 0.438 e. The Labute approximate surface area is 96.1 Å². The molecule has 6 nitrogen and oxygen atoms in total. The summed E-state index contributed by atoms with van der Waals surface area (Å²) in [5.41, 5.74) is 1.83. The Kier molecular flexibility index (Phi) is 4.56. The molecular formula is C9H9ClN2O4. The first-order chi connectivity index (χ1) is 7.61. The summed E-state index contributed by atoms with van der Waals surface area (Å²) < 4.78 is 4.12. The normalized spacial score (nSPS) is 9.38. The molecule has 0 aliphatic heterocycles. The number of rotatable bonds is 3. The maximum atomic E-state index is 11.0. The van der Waals surface area contributed by atoms with E-state index in [1.165, 1.54) is 5.48 Å². The zero-order valence-electron chi connectivity index (χ0n) is 8.07. The third-order valence-corrected chi connectivity index (χ3v) is 1.83. The molecule has 16 heavy (non-hydrogen) atoms. The number of nitrogens with one attached hydrogen (secondary N) is 2. The molecule has 0 saturated heterocycles. The van der Waals surface area contributed by atoms with Crippen molar-refractivity contribution in [2.75, 3.05) is 11.9 Å². The number of amides is 1. The number of hydrogen-bond acceptors (Lipinski definition) is 5. The first kappa shape index (κ1) is 12.3. The Morgan fingerprint density at radius 3 is 2.50 bits per heavy atom. The smallest absolute Gasteiger partial charge is 0.375 e. The van der Waals surface area contributed by atoms with Crippen LogP contribution in [0.15, 0.2) is 24.3 Å². The number of ether oxygens (including phenoxy) is 1. The summed E-state index contributed by atoms with van der Waals surface area (Å²) in [6, 6.07) is 6.63. The average Bonchev–Trinajstić information content (AvgIpc) is 2.28. The number of hydrogen-bond donors (Lipinski definition) is 3. The van der Waals surface area contributed by atoms with Crippen LogP contribution in [0.25, 0.3) is 0 Å². The van der Waals surface area contributed by atoms with Crippen LogP contribution in [0.2, 0.25) is 5.02 Å². The van der Waals surface area contributed by atoms with Gasteiger partial charge in [0.2, 0.25) is 0 Å². The predicted octanol–water partition coefficient (Wildman–Crippen LogP) is 1.39. The minimum atomic E-state index is -1.22. The van der Waals surface area contributed by atoms with Gasteiger partial charge in [-0.2, -0.15) is 0 Å². The van der Waals surface area contributed by atoms with Gasteiger partial charge in [-0.1, -0.05) is 11.6 Å². The molecule has 1 rings (SSSR count). The molecule has 3 N–H and O–H groups in total. The maximum absolute atomic E-state index is 11.0. The number of benzene rings is 1. The first-order valence-corrected chi connectivity index (χ1v) is 4.64. The molecule has 0 bridgehead atoms. The summed E-state index contributed by atoms with van der Waals surface area (Å²) in [4.78, 5) is 21.4. The molecule has 0 heterocycles. The number of esters is 1. The molecule has 0 aliphatic rings. The number of carbonyl (C=O) groups is 2. The van der Waals surface area contributed by atoms with Gasteiger partial charge in [0.1, 0.15) is 6.54 Å². The Hall–Kier alpha value is -1.79. The monoisotopic (exact) mass is 244 g/mol. The van der Waals surface area contributed by atoms with E-state index in [4.69, 9.17) is 16.8 Å². The minimum Gasteiger partial charge on any atom is -0.375 e. The lowest BCUT2D eigenvalue weighted by atomic mass is 10.3. The summed E-state index contributed by atoms with van der Waals surface area (Å²) in [6.07, 6.45) is -1.22. The molecule has 1 aromatic rings. The first-order valence-electron chi connectivity index (χ1n) is 4.26. The third kappa shape index (κ3) is 4.16. The maximum Gasteiger partial charge on any atom is 0.438 e. The van der Waals surface area contributed by atoms with Crippen molar-refractivity contribution in [1.82, 2.24) is 5.48 Å². The lowest BCUT2D eigenvalue weighted by Gasteiger charge is -2.05. The van der Waals surface area contributed by atoms with Crippen LogP contribution in [0, 0.1) is 0 Å². The van der Waals surface area contributed by atoms with Gasteiger partial charge < -0.3 is 10.1 Å². The molecule has 0 radical (unpaired) electrons. The highest BCUT2D eigenvalue weighted by atomic mass is 35.5. The lowest BCUT2D eigenvalue weighted by molar-refractivity contribution is -0.136. The highest BCUT2D eigenvalue weighted by molar-refractivity contribution is 6.30. The summed E-state index contributed by atoms with van der Waals surface area (Å²) in [7, 11) is 0. The van der Waals surface area contributed by atoms with Gasteiger partial charge in [-0.15, -0.1) is 0 Å². The molecule has 0 atom stereocenters. The van der Waals surface area contributed by atoms with Crippen LogP contribution in [0.1, 0.15) is 0 Å². The van der Waals surface area contributed by atoms with Crippen LogP contribution in [0.5, 0.6) is 0 Å². The van der Waals surface area contributed by atoms with Crippen molar-refractivity contribution >= 4 is 29.4 Å². The van der Waals surface area contributed by atoms with Crippen molar-refractivity contribution < 1.29 is 19.5 Å². The quantitative estimate of drug-likeness (QED) is 0.324. The van der Waals surface area contributed by atoms with Crippen LogP contribution in [0.4, 0.5) is 10.5 Å². The van der Waals surface area contributed by atoms with Crippen LogP contribution in [-0.2, 0) is 9.53 Å². The summed E-state index contributed by atoms with van der Waals surface area (Å²) >= 11 is 5.66. The van der Waals surface area contributed by atoms with Crippen molar-refractivity contribution in [2.24, 2.45) is 0 Å². The van der Waals surface area contributed by atoms with Crippen molar-refractivity contribution in [3.8, 4) is 0 Å². The number of halogens is 1. The van der Waals surface area contributed by atoms with Gasteiger partial charge in [0.05, 0.1) is 0 Å². The van der Waals surface area contributed by atoms with Crippen molar-refractivity contribution in [2.45, 2.75) is 0 Å². The Bertz CT molecular complexity index is 380. The number of hydroxylamine groups is 1. The van der Waals surface area contributed by atoms with E-state index in [-0.39, 0.29) is 6.54 Å². The molecule has 0 fully saturated rings. The molecule has 1 aromatic carbocycles. The van der Waals surface area contributed by atoms with E-state index in [0.29, 0.717) is 10.7 Å². The fourth-order valence-electron chi connectivity index (χ4n) is 0.904. The van der Waals surface area contributed by atoms with Gasteiger partial charge >= 0.3 is 12.1 Å². The van der Waals surface area contributed by atoms with Crippen LogP contribution >= 0.6 is 11.6 Å². The minimum absolute atomic E-state index is 0.199. The van der Waals surface area contributed by atoms with E-state index in [1.54, 1.807) is 24.3 Å². The van der Waals surface area contributed by atoms with Gasteiger partial charge in [-0.05, 0) is 24.3 Å². The molecule has 0 saturated carbocycles. The van der Waals surface area contributed by atoms with Gasteiger partial charge in [0.25, 0.3) is 0 Å². The van der Waals surface area contributed by atoms with E-state index in [9.17, 15) is 9.59 Å².